The molecule has 2 rings (SSSR count). The standard InChI is InChI=1S/C14H23N3O/c1-4-6-15-13-10-12(5-7-16-13)17-8-9-18-14(2,3)11-17/h5,7,10H,4,6,8-9,11H2,1-3H3,(H,15,16). The van der Waals surface area contributed by atoms with E-state index in [-0.39, 0.29) is 5.60 Å². The van der Waals surface area contributed by atoms with Crippen LogP contribution in [0.5, 0.6) is 0 Å². The number of anilines is 2. The van der Waals surface area contributed by atoms with E-state index in [9.17, 15) is 0 Å². The van der Waals surface area contributed by atoms with Crippen LogP contribution in [0.1, 0.15) is 27.2 Å². The number of ether oxygens (including phenoxy) is 1. The molecule has 0 unspecified atom stereocenters. The van der Waals surface area contributed by atoms with Crippen LogP contribution in [0.4, 0.5) is 11.5 Å². The zero-order chi connectivity index (χ0) is 13.0. The molecule has 1 aliphatic rings. The van der Waals surface area contributed by atoms with Gasteiger partial charge in [-0.1, -0.05) is 6.92 Å². The summed E-state index contributed by atoms with van der Waals surface area (Å²) in [4.78, 5) is 6.70. The van der Waals surface area contributed by atoms with E-state index in [1.54, 1.807) is 0 Å². The lowest BCUT2D eigenvalue weighted by Gasteiger charge is -2.39. The molecule has 0 radical (unpaired) electrons. The number of hydrogen-bond donors (Lipinski definition) is 1. The normalized spacial score (nSPS) is 18.7. The van der Waals surface area contributed by atoms with Gasteiger partial charge < -0.3 is 15.0 Å². The van der Waals surface area contributed by atoms with E-state index in [1.807, 2.05) is 6.20 Å². The van der Waals surface area contributed by atoms with E-state index in [0.29, 0.717) is 0 Å². The quantitative estimate of drug-likeness (QED) is 0.889. The Bertz CT molecular complexity index is 392. The number of pyridine rings is 1. The molecule has 1 aromatic rings. The molecule has 4 nitrogen and oxygen atoms in total. The van der Waals surface area contributed by atoms with Gasteiger partial charge in [0.1, 0.15) is 5.82 Å². The van der Waals surface area contributed by atoms with E-state index >= 15 is 0 Å². The summed E-state index contributed by atoms with van der Waals surface area (Å²) in [5.74, 6) is 0.957. The van der Waals surface area contributed by atoms with Gasteiger partial charge in [-0.2, -0.15) is 0 Å². The Balaban J connectivity index is 2.07. The van der Waals surface area contributed by atoms with Crippen molar-refractivity contribution < 1.29 is 4.74 Å². The first-order valence-corrected chi connectivity index (χ1v) is 6.69. The maximum absolute atomic E-state index is 5.74. The Hall–Kier alpha value is -1.29. The van der Waals surface area contributed by atoms with E-state index in [4.69, 9.17) is 4.74 Å². The summed E-state index contributed by atoms with van der Waals surface area (Å²) in [5, 5.41) is 3.33. The summed E-state index contributed by atoms with van der Waals surface area (Å²) in [6, 6.07) is 4.19. The highest BCUT2D eigenvalue weighted by molar-refractivity contribution is 5.54. The molecule has 0 spiro atoms. The Morgan fingerprint density at radius 2 is 2.33 bits per heavy atom. The minimum Gasteiger partial charge on any atom is -0.372 e. The summed E-state index contributed by atoms with van der Waals surface area (Å²) in [6.07, 6.45) is 2.98. The van der Waals surface area contributed by atoms with Crippen LogP contribution in [0, 0.1) is 0 Å². The molecule has 100 valence electrons. The van der Waals surface area contributed by atoms with Crippen LogP contribution >= 0.6 is 0 Å². The molecule has 18 heavy (non-hydrogen) atoms. The molecule has 0 atom stereocenters. The molecule has 1 fully saturated rings. The summed E-state index contributed by atoms with van der Waals surface area (Å²) in [5.41, 5.74) is 1.15. The van der Waals surface area contributed by atoms with Gasteiger partial charge in [-0.3, -0.25) is 0 Å². The van der Waals surface area contributed by atoms with Crippen LogP contribution < -0.4 is 10.2 Å². The molecule has 4 heteroatoms. The average molecular weight is 249 g/mol. The van der Waals surface area contributed by atoms with Gasteiger partial charge in [0.05, 0.1) is 12.2 Å². The maximum Gasteiger partial charge on any atom is 0.127 e. The molecule has 0 bridgehead atoms. The predicted octanol–water partition coefficient (Wildman–Crippen LogP) is 2.52. The Kier molecular flexibility index (Phi) is 4.07. The third-order valence-corrected chi connectivity index (χ3v) is 3.09. The topological polar surface area (TPSA) is 37.4 Å². The SMILES string of the molecule is CCCNc1cc(N2CCOC(C)(C)C2)ccn1. The van der Waals surface area contributed by atoms with Crippen molar-refractivity contribution in [2.24, 2.45) is 0 Å². The highest BCUT2D eigenvalue weighted by Gasteiger charge is 2.27. The van der Waals surface area contributed by atoms with Crippen molar-refractivity contribution in [1.29, 1.82) is 0 Å². The number of nitrogens with zero attached hydrogens (tertiary/aromatic N) is 2. The van der Waals surface area contributed by atoms with Gasteiger partial charge in [-0.25, -0.2) is 4.98 Å². The summed E-state index contributed by atoms with van der Waals surface area (Å²) >= 11 is 0. The number of nitrogens with one attached hydrogen (secondary N) is 1. The van der Waals surface area contributed by atoms with Crippen molar-refractivity contribution in [1.82, 2.24) is 4.98 Å². The Morgan fingerprint density at radius 3 is 3.06 bits per heavy atom. The van der Waals surface area contributed by atoms with Gasteiger partial charge in [0.25, 0.3) is 0 Å². The van der Waals surface area contributed by atoms with Gasteiger partial charge in [-0.15, -0.1) is 0 Å². The molecule has 0 saturated carbocycles. The largest absolute Gasteiger partial charge is 0.372 e. The Labute approximate surface area is 109 Å². The summed E-state index contributed by atoms with van der Waals surface area (Å²) < 4.78 is 5.74. The number of hydrogen-bond acceptors (Lipinski definition) is 4. The van der Waals surface area contributed by atoms with Crippen molar-refractivity contribution in [2.45, 2.75) is 32.8 Å². The molecule has 0 amide bonds. The van der Waals surface area contributed by atoms with E-state index < -0.39 is 0 Å². The summed E-state index contributed by atoms with van der Waals surface area (Å²) in [7, 11) is 0. The van der Waals surface area contributed by atoms with Crippen molar-refractivity contribution >= 4 is 11.5 Å². The second-order valence-electron chi connectivity index (χ2n) is 5.36. The monoisotopic (exact) mass is 249 g/mol. The molecule has 0 aliphatic carbocycles. The molecule has 1 aromatic heterocycles. The van der Waals surface area contributed by atoms with Crippen molar-refractivity contribution in [2.75, 3.05) is 36.5 Å². The van der Waals surface area contributed by atoms with E-state index in [1.165, 1.54) is 5.69 Å². The zero-order valence-corrected chi connectivity index (χ0v) is 11.6. The van der Waals surface area contributed by atoms with Crippen LogP contribution in [0.3, 0.4) is 0 Å². The van der Waals surface area contributed by atoms with Gasteiger partial charge >= 0.3 is 0 Å². The molecular weight excluding hydrogens is 226 g/mol. The van der Waals surface area contributed by atoms with Crippen LogP contribution in [0.15, 0.2) is 18.3 Å². The van der Waals surface area contributed by atoms with Crippen molar-refractivity contribution in [3.8, 4) is 0 Å². The maximum atomic E-state index is 5.74. The van der Waals surface area contributed by atoms with Gasteiger partial charge in [-0.05, 0) is 26.3 Å². The number of aromatic nitrogens is 1. The van der Waals surface area contributed by atoms with Gasteiger partial charge in [0.15, 0.2) is 0 Å². The lowest BCUT2D eigenvalue weighted by Crippen LogP contribution is -2.48. The minimum absolute atomic E-state index is 0.0709. The summed E-state index contributed by atoms with van der Waals surface area (Å²) in [6.45, 7) is 10.0. The van der Waals surface area contributed by atoms with Crippen LogP contribution in [0.2, 0.25) is 0 Å². The highest BCUT2D eigenvalue weighted by Crippen LogP contribution is 2.24. The lowest BCUT2D eigenvalue weighted by atomic mass is 10.1. The fourth-order valence-corrected chi connectivity index (χ4v) is 2.20. The van der Waals surface area contributed by atoms with Crippen molar-refractivity contribution in [3.63, 3.8) is 0 Å². The lowest BCUT2D eigenvalue weighted by molar-refractivity contribution is -0.0276. The van der Waals surface area contributed by atoms with Gasteiger partial charge in [0, 0.05) is 37.6 Å². The first-order chi connectivity index (χ1) is 8.61. The highest BCUT2D eigenvalue weighted by atomic mass is 16.5. The molecule has 2 heterocycles. The third kappa shape index (κ3) is 3.35. The predicted molar refractivity (Wildman–Crippen MR) is 75.3 cm³/mol. The Morgan fingerprint density at radius 1 is 1.50 bits per heavy atom. The zero-order valence-electron chi connectivity index (χ0n) is 11.6. The first-order valence-electron chi connectivity index (χ1n) is 6.69. The van der Waals surface area contributed by atoms with Crippen LogP contribution in [-0.4, -0.2) is 36.8 Å². The fraction of sp³-hybridized carbons (Fsp3) is 0.643. The smallest absolute Gasteiger partial charge is 0.127 e. The van der Waals surface area contributed by atoms with Crippen LogP contribution in [-0.2, 0) is 4.74 Å². The second kappa shape index (κ2) is 5.57. The molecule has 1 saturated heterocycles. The van der Waals surface area contributed by atoms with Crippen molar-refractivity contribution in [3.05, 3.63) is 18.3 Å². The first kappa shape index (κ1) is 13.1. The fourth-order valence-electron chi connectivity index (χ4n) is 2.20. The molecule has 0 aromatic carbocycles. The van der Waals surface area contributed by atoms with Crippen LogP contribution in [0.25, 0.3) is 0 Å². The average Bonchev–Trinajstić information content (AvgIpc) is 2.35. The number of rotatable bonds is 4. The molecule has 1 aliphatic heterocycles. The molecular formula is C14H23N3O. The number of morpholine rings is 1. The van der Waals surface area contributed by atoms with E-state index in [2.05, 4.69) is 48.1 Å². The van der Waals surface area contributed by atoms with Gasteiger partial charge in [0.2, 0.25) is 0 Å². The third-order valence-electron chi connectivity index (χ3n) is 3.09. The second-order valence-corrected chi connectivity index (χ2v) is 5.36. The van der Waals surface area contributed by atoms with E-state index in [0.717, 1.165) is 38.5 Å². The minimum atomic E-state index is -0.0709. The molecule has 1 N–H and O–H groups in total.